The van der Waals surface area contributed by atoms with Gasteiger partial charge in [0.25, 0.3) is 0 Å². The van der Waals surface area contributed by atoms with Gasteiger partial charge in [-0.1, -0.05) is 60.7 Å². The molecular formula is C23H29NO3S2. The molecule has 0 spiro atoms. The van der Waals surface area contributed by atoms with E-state index >= 15 is 0 Å². The molecule has 4 nitrogen and oxygen atoms in total. The Kier molecular flexibility index (Phi) is 10.7. The summed E-state index contributed by atoms with van der Waals surface area (Å²) in [7, 11) is 1.36. The fraction of sp³-hybridized carbons (Fsp3) is 0.391. The Labute approximate surface area is 182 Å². The zero-order valence-corrected chi connectivity index (χ0v) is 18.6. The van der Waals surface area contributed by atoms with Gasteiger partial charge in [-0.2, -0.15) is 23.5 Å². The number of carbonyl (C=O) groups excluding carboxylic acids is 2. The van der Waals surface area contributed by atoms with E-state index in [1.165, 1.54) is 12.7 Å². The third-order valence-electron chi connectivity index (χ3n) is 4.54. The summed E-state index contributed by atoms with van der Waals surface area (Å²) in [5, 5.41) is 2.93. The van der Waals surface area contributed by atoms with Crippen molar-refractivity contribution in [1.29, 1.82) is 0 Å². The van der Waals surface area contributed by atoms with Crippen LogP contribution in [0.5, 0.6) is 0 Å². The Bertz CT molecular complexity index is 740. The lowest BCUT2D eigenvalue weighted by atomic mass is 9.99. The van der Waals surface area contributed by atoms with Gasteiger partial charge in [0.05, 0.1) is 13.0 Å². The first-order chi connectivity index (χ1) is 14.1. The molecule has 0 aromatic heterocycles. The largest absolute Gasteiger partial charge is 0.467 e. The van der Waals surface area contributed by atoms with E-state index in [2.05, 4.69) is 17.4 Å². The summed E-state index contributed by atoms with van der Waals surface area (Å²) >= 11 is 3.38. The van der Waals surface area contributed by atoms with Crippen LogP contribution in [0.3, 0.4) is 0 Å². The first-order valence-corrected chi connectivity index (χ1v) is 12.2. The van der Waals surface area contributed by atoms with Gasteiger partial charge in [-0.15, -0.1) is 0 Å². The van der Waals surface area contributed by atoms with Crippen LogP contribution in [0.1, 0.15) is 17.5 Å². The minimum Gasteiger partial charge on any atom is -0.467 e. The van der Waals surface area contributed by atoms with Gasteiger partial charge in [0.15, 0.2) is 0 Å². The lowest BCUT2D eigenvalue weighted by Gasteiger charge is -2.21. The standard InChI is InChI=1S/C23H29NO3S2/c1-27-23(26)21(13-14-28-2)24-22(25)20(15-18-9-5-3-6-10-18)17-29-16-19-11-7-4-8-12-19/h3-12,20-21H,13-17H2,1-2H3,(H,24,25)/t20-,21+/m1/s1. The molecule has 0 fully saturated rings. The van der Waals surface area contributed by atoms with E-state index < -0.39 is 6.04 Å². The fourth-order valence-corrected chi connectivity index (χ4v) is 4.51. The van der Waals surface area contributed by atoms with E-state index in [0.717, 1.165) is 17.1 Å². The second-order valence-corrected chi connectivity index (χ2v) is 8.77. The molecule has 2 aromatic rings. The van der Waals surface area contributed by atoms with Crippen molar-refractivity contribution < 1.29 is 14.3 Å². The van der Waals surface area contributed by atoms with Crippen LogP contribution in [0.25, 0.3) is 0 Å². The molecule has 2 atom stereocenters. The Morgan fingerprint density at radius 3 is 2.21 bits per heavy atom. The topological polar surface area (TPSA) is 55.4 Å². The van der Waals surface area contributed by atoms with Gasteiger partial charge in [-0.3, -0.25) is 4.79 Å². The van der Waals surface area contributed by atoms with E-state index in [0.29, 0.717) is 18.6 Å². The van der Waals surface area contributed by atoms with Crippen LogP contribution in [0.2, 0.25) is 0 Å². The van der Waals surface area contributed by atoms with Crippen molar-refractivity contribution in [2.45, 2.75) is 24.6 Å². The number of esters is 1. The van der Waals surface area contributed by atoms with E-state index in [4.69, 9.17) is 4.74 Å². The fourth-order valence-electron chi connectivity index (χ4n) is 2.94. The van der Waals surface area contributed by atoms with Crippen molar-refractivity contribution in [1.82, 2.24) is 5.32 Å². The van der Waals surface area contributed by atoms with Crippen molar-refractivity contribution in [3.8, 4) is 0 Å². The zero-order chi connectivity index (χ0) is 20.9. The highest BCUT2D eigenvalue weighted by molar-refractivity contribution is 7.98. The minimum atomic E-state index is -0.600. The van der Waals surface area contributed by atoms with E-state index in [-0.39, 0.29) is 17.8 Å². The van der Waals surface area contributed by atoms with E-state index in [1.807, 2.05) is 54.8 Å². The Balaban J connectivity index is 2.03. The molecule has 1 amide bonds. The maximum atomic E-state index is 13.0. The minimum absolute atomic E-state index is 0.0917. The molecule has 0 aliphatic rings. The number of ether oxygens (including phenoxy) is 1. The van der Waals surface area contributed by atoms with Crippen molar-refractivity contribution in [2.24, 2.45) is 5.92 Å². The quantitative estimate of drug-likeness (QED) is 0.511. The number of benzene rings is 2. The van der Waals surface area contributed by atoms with Gasteiger partial charge in [0.2, 0.25) is 5.91 Å². The summed E-state index contributed by atoms with van der Waals surface area (Å²) in [6.45, 7) is 0. The molecule has 0 aliphatic heterocycles. The Hall–Kier alpha value is -1.92. The van der Waals surface area contributed by atoms with E-state index in [1.54, 1.807) is 23.5 Å². The summed E-state index contributed by atoms with van der Waals surface area (Å²) in [5.74, 6) is 1.63. The average molecular weight is 432 g/mol. The van der Waals surface area contributed by atoms with Crippen molar-refractivity contribution in [2.75, 3.05) is 24.9 Å². The third kappa shape index (κ3) is 8.54. The first-order valence-electron chi connectivity index (χ1n) is 9.66. The molecule has 0 saturated carbocycles. The summed E-state index contributed by atoms with van der Waals surface area (Å²) in [5.41, 5.74) is 2.36. The number of nitrogens with one attached hydrogen (secondary N) is 1. The van der Waals surface area contributed by atoms with Gasteiger partial charge < -0.3 is 10.1 Å². The maximum absolute atomic E-state index is 13.0. The van der Waals surface area contributed by atoms with Crippen molar-refractivity contribution in [3.05, 3.63) is 71.8 Å². The number of thioether (sulfide) groups is 2. The van der Waals surface area contributed by atoms with Gasteiger partial charge in [-0.25, -0.2) is 4.79 Å². The molecule has 0 saturated heterocycles. The molecule has 1 N–H and O–H groups in total. The molecule has 0 bridgehead atoms. The predicted octanol–water partition coefficient (Wildman–Crippen LogP) is 4.19. The summed E-state index contributed by atoms with van der Waals surface area (Å²) in [6.07, 6.45) is 3.19. The highest BCUT2D eigenvalue weighted by Crippen LogP contribution is 2.19. The van der Waals surface area contributed by atoms with Gasteiger partial charge >= 0.3 is 5.97 Å². The third-order valence-corrected chi connectivity index (χ3v) is 6.36. The normalized spacial score (nSPS) is 12.8. The number of methoxy groups -OCH3 is 1. The molecular weight excluding hydrogens is 402 g/mol. The maximum Gasteiger partial charge on any atom is 0.328 e. The highest BCUT2D eigenvalue weighted by atomic mass is 32.2. The van der Waals surface area contributed by atoms with Crippen molar-refractivity contribution in [3.63, 3.8) is 0 Å². The number of amides is 1. The molecule has 156 valence electrons. The van der Waals surface area contributed by atoms with Crippen LogP contribution in [0, 0.1) is 5.92 Å². The molecule has 6 heteroatoms. The van der Waals surface area contributed by atoms with Crippen LogP contribution in [-0.2, 0) is 26.5 Å². The Morgan fingerprint density at radius 2 is 1.62 bits per heavy atom. The second-order valence-electron chi connectivity index (χ2n) is 6.75. The number of hydrogen-bond donors (Lipinski definition) is 1. The van der Waals surface area contributed by atoms with Gasteiger partial charge in [0, 0.05) is 11.5 Å². The smallest absolute Gasteiger partial charge is 0.328 e. The summed E-state index contributed by atoms with van der Waals surface area (Å²) in [6, 6.07) is 19.6. The predicted molar refractivity (Wildman–Crippen MR) is 123 cm³/mol. The SMILES string of the molecule is COC(=O)[C@H](CCSC)NC(=O)[C@@H](CSCc1ccccc1)Cc1ccccc1. The average Bonchev–Trinajstić information content (AvgIpc) is 2.76. The summed E-state index contributed by atoms with van der Waals surface area (Å²) in [4.78, 5) is 25.1. The molecule has 29 heavy (non-hydrogen) atoms. The van der Waals surface area contributed by atoms with Crippen LogP contribution in [0.4, 0.5) is 0 Å². The highest BCUT2D eigenvalue weighted by Gasteiger charge is 2.26. The number of rotatable bonds is 12. The number of carbonyl (C=O) groups is 2. The van der Waals surface area contributed by atoms with Crippen LogP contribution in [-0.4, -0.2) is 42.8 Å². The first kappa shape index (κ1) is 23.4. The molecule has 0 radical (unpaired) electrons. The number of hydrogen-bond acceptors (Lipinski definition) is 5. The second kappa shape index (κ2) is 13.3. The van der Waals surface area contributed by atoms with Crippen LogP contribution < -0.4 is 5.32 Å². The van der Waals surface area contributed by atoms with E-state index in [9.17, 15) is 9.59 Å². The molecule has 2 rings (SSSR count). The summed E-state index contributed by atoms with van der Waals surface area (Å²) < 4.78 is 4.88. The van der Waals surface area contributed by atoms with Crippen LogP contribution >= 0.6 is 23.5 Å². The molecule has 2 aromatic carbocycles. The Morgan fingerprint density at radius 1 is 1.00 bits per heavy atom. The molecule has 0 heterocycles. The van der Waals surface area contributed by atoms with Crippen LogP contribution in [0.15, 0.2) is 60.7 Å². The molecule has 0 aliphatic carbocycles. The van der Waals surface area contributed by atoms with Gasteiger partial charge in [-0.05, 0) is 36.0 Å². The lowest BCUT2D eigenvalue weighted by molar-refractivity contribution is -0.145. The van der Waals surface area contributed by atoms with Gasteiger partial charge in [0.1, 0.15) is 6.04 Å². The zero-order valence-electron chi connectivity index (χ0n) is 17.0. The van der Waals surface area contributed by atoms with Crippen molar-refractivity contribution >= 4 is 35.4 Å². The lowest BCUT2D eigenvalue weighted by Crippen LogP contribution is -2.45. The molecule has 0 unspecified atom stereocenters. The monoisotopic (exact) mass is 431 g/mol.